The highest BCUT2D eigenvalue weighted by Crippen LogP contribution is 2.30. The maximum Gasteiger partial charge on any atom is 0.306 e. The van der Waals surface area contributed by atoms with Crippen LogP contribution in [0.25, 0.3) is 11.0 Å². The van der Waals surface area contributed by atoms with Crippen LogP contribution in [0.3, 0.4) is 0 Å². The third kappa shape index (κ3) is 2.61. The highest BCUT2D eigenvalue weighted by atomic mass is 16.5. The van der Waals surface area contributed by atoms with Gasteiger partial charge in [0, 0.05) is 13.1 Å². The Morgan fingerprint density at radius 2 is 1.86 bits per heavy atom. The Morgan fingerprint density at radius 1 is 1.24 bits per heavy atom. The summed E-state index contributed by atoms with van der Waals surface area (Å²) in [5.41, 5.74) is 1.60. The van der Waals surface area contributed by atoms with Crippen molar-refractivity contribution in [1.82, 2.24) is 9.97 Å². The molecule has 6 heteroatoms. The van der Waals surface area contributed by atoms with Gasteiger partial charge in [0.15, 0.2) is 5.82 Å². The number of carboxylic acid groups (broad SMARTS) is 1. The molecule has 1 saturated heterocycles. The van der Waals surface area contributed by atoms with Crippen molar-refractivity contribution in [2.45, 2.75) is 12.8 Å². The van der Waals surface area contributed by atoms with E-state index in [1.165, 1.54) is 0 Å². The van der Waals surface area contributed by atoms with Crippen LogP contribution in [0.4, 0.5) is 5.82 Å². The van der Waals surface area contributed by atoms with Gasteiger partial charge in [-0.3, -0.25) is 4.79 Å². The van der Waals surface area contributed by atoms with E-state index in [1.807, 2.05) is 24.3 Å². The van der Waals surface area contributed by atoms with E-state index in [0.717, 1.165) is 11.0 Å². The standard InChI is InChI=1S/C15H17N3O3/c1-21-14-13(16-11-4-2-3-5-12(11)17-14)18-8-6-10(7-9-18)15(19)20/h2-5,10H,6-9H2,1H3,(H,19,20). The minimum Gasteiger partial charge on any atom is -0.481 e. The predicted molar refractivity (Wildman–Crippen MR) is 78.7 cm³/mol. The number of aromatic nitrogens is 2. The molecule has 1 aliphatic rings. The molecule has 0 aliphatic carbocycles. The minimum absolute atomic E-state index is 0.263. The molecule has 21 heavy (non-hydrogen) atoms. The molecule has 1 fully saturated rings. The number of rotatable bonds is 3. The van der Waals surface area contributed by atoms with E-state index < -0.39 is 5.97 Å². The predicted octanol–water partition coefficient (Wildman–Crippen LogP) is 1.94. The van der Waals surface area contributed by atoms with Gasteiger partial charge in [0.25, 0.3) is 5.88 Å². The quantitative estimate of drug-likeness (QED) is 0.929. The first-order valence-electron chi connectivity index (χ1n) is 6.97. The van der Waals surface area contributed by atoms with E-state index >= 15 is 0 Å². The number of hydrogen-bond donors (Lipinski definition) is 1. The first-order valence-corrected chi connectivity index (χ1v) is 6.97. The highest BCUT2D eigenvalue weighted by Gasteiger charge is 2.27. The third-order valence-electron chi connectivity index (χ3n) is 3.86. The van der Waals surface area contributed by atoms with E-state index in [0.29, 0.717) is 37.6 Å². The largest absolute Gasteiger partial charge is 0.481 e. The number of hydrogen-bond acceptors (Lipinski definition) is 5. The first kappa shape index (κ1) is 13.6. The molecule has 0 amide bonds. The molecule has 1 aromatic heterocycles. The fraction of sp³-hybridized carbons (Fsp3) is 0.400. The summed E-state index contributed by atoms with van der Waals surface area (Å²) in [5, 5.41) is 9.07. The van der Waals surface area contributed by atoms with Gasteiger partial charge >= 0.3 is 5.97 Å². The number of carbonyl (C=O) groups is 1. The van der Waals surface area contributed by atoms with Crippen LogP contribution in [0.1, 0.15) is 12.8 Å². The summed E-state index contributed by atoms with van der Waals surface area (Å²) in [4.78, 5) is 22.2. The van der Waals surface area contributed by atoms with Crippen LogP contribution < -0.4 is 9.64 Å². The van der Waals surface area contributed by atoms with Crippen molar-refractivity contribution in [3.8, 4) is 5.88 Å². The van der Waals surface area contributed by atoms with Gasteiger partial charge in [-0.2, -0.15) is 0 Å². The van der Waals surface area contributed by atoms with Crippen LogP contribution in [-0.4, -0.2) is 41.2 Å². The molecule has 1 aliphatic heterocycles. The summed E-state index contributed by atoms with van der Waals surface area (Å²) in [6.45, 7) is 1.31. The van der Waals surface area contributed by atoms with Crippen LogP contribution in [0.2, 0.25) is 0 Å². The lowest BCUT2D eigenvalue weighted by molar-refractivity contribution is -0.142. The number of methoxy groups -OCH3 is 1. The minimum atomic E-state index is -0.716. The van der Waals surface area contributed by atoms with Crippen LogP contribution in [0.15, 0.2) is 24.3 Å². The van der Waals surface area contributed by atoms with Crippen molar-refractivity contribution >= 4 is 22.8 Å². The van der Waals surface area contributed by atoms with Crippen LogP contribution in [0.5, 0.6) is 5.88 Å². The highest BCUT2D eigenvalue weighted by molar-refractivity contribution is 5.77. The number of nitrogens with zero attached hydrogens (tertiary/aromatic N) is 3. The number of carboxylic acids is 1. The van der Waals surface area contributed by atoms with E-state index in [2.05, 4.69) is 14.9 Å². The summed E-state index contributed by atoms with van der Waals surface area (Å²) < 4.78 is 5.35. The lowest BCUT2D eigenvalue weighted by atomic mass is 9.97. The van der Waals surface area contributed by atoms with Crippen LogP contribution >= 0.6 is 0 Å². The van der Waals surface area contributed by atoms with Gasteiger partial charge in [0.2, 0.25) is 0 Å². The molecule has 0 unspecified atom stereocenters. The number of benzene rings is 1. The number of para-hydroxylation sites is 2. The van der Waals surface area contributed by atoms with Crippen LogP contribution in [-0.2, 0) is 4.79 Å². The summed E-state index contributed by atoms with van der Waals surface area (Å²) in [6.07, 6.45) is 1.24. The van der Waals surface area contributed by atoms with E-state index in [1.54, 1.807) is 7.11 Å². The van der Waals surface area contributed by atoms with Gasteiger partial charge in [-0.15, -0.1) is 0 Å². The Labute approximate surface area is 122 Å². The summed E-state index contributed by atoms with van der Waals surface area (Å²) in [6, 6.07) is 7.64. The molecule has 6 nitrogen and oxygen atoms in total. The molecular weight excluding hydrogens is 270 g/mol. The van der Waals surface area contributed by atoms with Gasteiger partial charge in [-0.25, -0.2) is 9.97 Å². The van der Waals surface area contributed by atoms with Crippen molar-refractivity contribution in [1.29, 1.82) is 0 Å². The van der Waals surface area contributed by atoms with Gasteiger partial charge in [-0.05, 0) is 25.0 Å². The molecule has 0 spiro atoms. The SMILES string of the molecule is COc1nc2ccccc2nc1N1CCC(C(=O)O)CC1. The topological polar surface area (TPSA) is 75.6 Å². The zero-order chi connectivity index (χ0) is 14.8. The molecule has 3 rings (SSSR count). The first-order chi connectivity index (χ1) is 10.2. The smallest absolute Gasteiger partial charge is 0.306 e. The monoisotopic (exact) mass is 287 g/mol. The molecule has 0 atom stereocenters. The van der Waals surface area contributed by atoms with Gasteiger partial charge < -0.3 is 14.7 Å². The Balaban J connectivity index is 1.91. The summed E-state index contributed by atoms with van der Waals surface area (Å²) >= 11 is 0. The van der Waals surface area contributed by atoms with Crippen molar-refractivity contribution in [3.63, 3.8) is 0 Å². The van der Waals surface area contributed by atoms with Gasteiger partial charge in [0.05, 0.1) is 24.1 Å². The van der Waals surface area contributed by atoms with Crippen LogP contribution in [0, 0.1) is 5.92 Å². The Hall–Kier alpha value is -2.37. The number of ether oxygens (including phenoxy) is 1. The fourth-order valence-corrected chi connectivity index (χ4v) is 2.66. The second-order valence-electron chi connectivity index (χ2n) is 5.14. The molecule has 1 aromatic carbocycles. The van der Waals surface area contributed by atoms with E-state index in [9.17, 15) is 4.79 Å². The Kier molecular flexibility index (Phi) is 3.60. The number of fused-ring (bicyclic) bond motifs is 1. The van der Waals surface area contributed by atoms with E-state index in [4.69, 9.17) is 9.84 Å². The summed E-state index contributed by atoms with van der Waals surface area (Å²) in [5.74, 6) is 0.203. The third-order valence-corrected chi connectivity index (χ3v) is 3.86. The lowest BCUT2D eigenvalue weighted by Gasteiger charge is -2.31. The van der Waals surface area contributed by atoms with Gasteiger partial charge in [0.1, 0.15) is 0 Å². The second kappa shape index (κ2) is 5.55. The maximum atomic E-state index is 11.0. The lowest BCUT2D eigenvalue weighted by Crippen LogP contribution is -2.37. The molecular formula is C15H17N3O3. The maximum absolute atomic E-state index is 11.0. The molecule has 0 bridgehead atoms. The molecule has 0 radical (unpaired) electrons. The molecule has 2 heterocycles. The molecule has 0 saturated carbocycles. The number of anilines is 1. The Morgan fingerprint density at radius 3 is 2.43 bits per heavy atom. The molecule has 1 N–H and O–H groups in total. The fourth-order valence-electron chi connectivity index (χ4n) is 2.66. The summed E-state index contributed by atoms with van der Waals surface area (Å²) in [7, 11) is 1.58. The van der Waals surface area contributed by atoms with Gasteiger partial charge in [-0.1, -0.05) is 12.1 Å². The average molecular weight is 287 g/mol. The normalized spacial score (nSPS) is 16.1. The zero-order valence-corrected chi connectivity index (χ0v) is 11.8. The Bertz CT molecular complexity index is 666. The molecule has 110 valence electrons. The van der Waals surface area contributed by atoms with E-state index in [-0.39, 0.29) is 5.92 Å². The number of aliphatic carboxylic acids is 1. The zero-order valence-electron chi connectivity index (χ0n) is 11.8. The van der Waals surface area contributed by atoms with Crippen molar-refractivity contribution in [2.75, 3.05) is 25.1 Å². The number of piperidine rings is 1. The van der Waals surface area contributed by atoms with Crippen molar-refractivity contribution in [3.05, 3.63) is 24.3 Å². The van der Waals surface area contributed by atoms with Crippen molar-refractivity contribution in [2.24, 2.45) is 5.92 Å². The molecule has 2 aromatic rings. The average Bonchev–Trinajstić information content (AvgIpc) is 2.53. The second-order valence-corrected chi connectivity index (χ2v) is 5.14. The van der Waals surface area contributed by atoms with Crippen molar-refractivity contribution < 1.29 is 14.6 Å².